The van der Waals surface area contributed by atoms with Crippen LogP contribution in [0.3, 0.4) is 0 Å². The van der Waals surface area contributed by atoms with E-state index < -0.39 is 0 Å². The largest absolute Gasteiger partial charge is 0.313 e. The van der Waals surface area contributed by atoms with Crippen molar-refractivity contribution in [1.82, 2.24) is 10.2 Å². The van der Waals surface area contributed by atoms with E-state index in [1.54, 1.807) is 6.07 Å². The Kier molecular flexibility index (Phi) is 5.79. The molecule has 1 saturated heterocycles. The number of rotatable bonds is 5. The summed E-state index contributed by atoms with van der Waals surface area (Å²) in [5, 5.41) is 3.57. The van der Waals surface area contributed by atoms with Crippen LogP contribution >= 0.6 is 15.9 Å². The molecule has 0 aliphatic carbocycles. The van der Waals surface area contributed by atoms with Crippen molar-refractivity contribution in [1.29, 1.82) is 0 Å². The van der Waals surface area contributed by atoms with Crippen LogP contribution in [0, 0.1) is 5.82 Å². The molecule has 1 atom stereocenters. The Morgan fingerprint density at radius 3 is 2.95 bits per heavy atom. The summed E-state index contributed by atoms with van der Waals surface area (Å²) < 4.78 is 14.1. The lowest BCUT2D eigenvalue weighted by atomic mass is 10.0. The molecule has 1 heterocycles. The van der Waals surface area contributed by atoms with Gasteiger partial charge in [-0.3, -0.25) is 4.90 Å². The Morgan fingerprint density at radius 1 is 1.42 bits per heavy atom. The maximum Gasteiger partial charge on any atom is 0.137 e. The van der Waals surface area contributed by atoms with E-state index in [2.05, 4.69) is 33.1 Å². The van der Waals surface area contributed by atoms with Crippen LogP contribution in [-0.2, 0) is 6.54 Å². The number of nitrogens with one attached hydrogen (secondary N) is 1. The number of piperidine rings is 1. The van der Waals surface area contributed by atoms with Crippen molar-refractivity contribution in [2.45, 2.75) is 38.8 Å². The molecule has 106 valence electrons. The Hall–Kier alpha value is -0.450. The summed E-state index contributed by atoms with van der Waals surface area (Å²) in [6.07, 6.45) is 3.86. The van der Waals surface area contributed by atoms with Gasteiger partial charge >= 0.3 is 0 Å². The fraction of sp³-hybridized carbons (Fsp3) is 0.600. The van der Waals surface area contributed by atoms with E-state index in [-0.39, 0.29) is 5.82 Å². The number of benzene rings is 1. The van der Waals surface area contributed by atoms with Gasteiger partial charge in [-0.1, -0.05) is 25.5 Å². The van der Waals surface area contributed by atoms with Crippen molar-refractivity contribution in [2.24, 2.45) is 0 Å². The maximum atomic E-state index is 13.5. The van der Waals surface area contributed by atoms with Gasteiger partial charge in [0.1, 0.15) is 5.82 Å². The van der Waals surface area contributed by atoms with Crippen molar-refractivity contribution >= 4 is 15.9 Å². The smallest absolute Gasteiger partial charge is 0.137 e. The topological polar surface area (TPSA) is 15.3 Å². The van der Waals surface area contributed by atoms with Crippen molar-refractivity contribution in [3.05, 3.63) is 34.1 Å². The van der Waals surface area contributed by atoms with Crippen molar-refractivity contribution in [2.75, 3.05) is 19.6 Å². The van der Waals surface area contributed by atoms with Gasteiger partial charge in [0.15, 0.2) is 0 Å². The first-order valence-electron chi connectivity index (χ1n) is 7.09. The lowest BCUT2D eigenvalue weighted by molar-refractivity contribution is 0.226. The molecule has 4 heteroatoms. The second kappa shape index (κ2) is 7.36. The van der Waals surface area contributed by atoms with Gasteiger partial charge in [0.2, 0.25) is 0 Å². The summed E-state index contributed by atoms with van der Waals surface area (Å²) in [6.45, 7) is 6.12. The normalized spacial score (nSPS) is 19.9. The van der Waals surface area contributed by atoms with Crippen molar-refractivity contribution in [3.8, 4) is 0 Å². The van der Waals surface area contributed by atoms with Gasteiger partial charge in [-0.05, 0) is 53.5 Å². The first-order chi connectivity index (χ1) is 9.20. The van der Waals surface area contributed by atoms with E-state index >= 15 is 0 Å². The van der Waals surface area contributed by atoms with Gasteiger partial charge < -0.3 is 5.32 Å². The molecule has 0 aromatic heterocycles. The van der Waals surface area contributed by atoms with E-state index in [4.69, 9.17) is 0 Å². The average molecular weight is 329 g/mol. The van der Waals surface area contributed by atoms with Crippen LogP contribution < -0.4 is 5.32 Å². The average Bonchev–Trinajstić information content (AvgIpc) is 2.44. The molecule has 1 aromatic carbocycles. The number of hydrogen-bond acceptors (Lipinski definition) is 2. The second-order valence-electron chi connectivity index (χ2n) is 5.19. The summed E-state index contributed by atoms with van der Waals surface area (Å²) in [5.41, 5.74) is 1.03. The summed E-state index contributed by atoms with van der Waals surface area (Å²) in [4.78, 5) is 2.38. The second-order valence-corrected chi connectivity index (χ2v) is 5.98. The van der Waals surface area contributed by atoms with Crippen LogP contribution in [-0.4, -0.2) is 30.6 Å². The van der Waals surface area contributed by atoms with Crippen LogP contribution in [0.5, 0.6) is 0 Å². The number of hydrogen-bond donors (Lipinski definition) is 1. The zero-order valence-electron chi connectivity index (χ0n) is 11.5. The molecule has 0 amide bonds. The summed E-state index contributed by atoms with van der Waals surface area (Å²) in [5.74, 6) is -0.177. The predicted octanol–water partition coefficient (Wildman–Crippen LogP) is 3.55. The molecule has 1 aliphatic rings. The highest BCUT2D eigenvalue weighted by Crippen LogP contribution is 2.22. The first-order valence-corrected chi connectivity index (χ1v) is 7.88. The highest BCUT2D eigenvalue weighted by molar-refractivity contribution is 9.10. The lowest BCUT2D eigenvalue weighted by Gasteiger charge is -2.30. The zero-order chi connectivity index (χ0) is 13.7. The zero-order valence-corrected chi connectivity index (χ0v) is 13.0. The molecule has 1 aliphatic heterocycles. The molecule has 2 nitrogen and oxygen atoms in total. The molecule has 0 saturated carbocycles. The third kappa shape index (κ3) is 4.26. The molecular formula is C15H22BrFN2. The third-order valence-electron chi connectivity index (χ3n) is 3.76. The monoisotopic (exact) mass is 328 g/mol. The molecular weight excluding hydrogens is 307 g/mol. The van der Waals surface area contributed by atoms with Gasteiger partial charge in [-0.2, -0.15) is 0 Å². The van der Waals surface area contributed by atoms with Gasteiger partial charge in [0.25, 0.3) is 0 Å². The lowest BCUT2D eigenvalue weighted by Crippen LogP contribution is -2.43. The molecule has 0 spiro atoms. The van der Waals surface area contributed by atoms with Gasteiger partial charge in [-0.25, -0.2) is 4.39 Å². The van der Waals surface area contributed by atoms with Gasteiger partial charge in [0.05, 0.1) is 4.47 Å². The maximum absolute atomic E-state index is 13.5. The molecule has 2 rings (SSSR count). The fourth-order valence-corrected chi connectivity index (χ4v) is 3.00. The Labute approximate surface area is 123 Å². The van der Waals surface area contributed by atoms with Crippen molar-refractivity contribution < 1.29 is 4.39 Å². The quantitative estimate of drug-likeness (QED) is 0.889. The summed E-state index contributed by atoms with van der Waals surface area (Å²) in [6, 6.07) is 5.85. The number of halogens is 2. The van der Waals surface area contributed by atoms with E-state index in [0.717, 1.165) is 31.7 Å². The van der Waals surface area contributed by atoms with E-state index in [0.29, 0.717) is 10.5 Å². The minimum Gasteiger partial charge on any atom is -0.313 e. The SMILES string of the molecule is CCN(Cc1cccc(F)c1Br)CC1CCCCN1. The van der Waals surface area contributed by atoms with Crippen LogP contribution in [0.25, 0.3) is 0 Å². The highest BCUT2D eigenvalue weighted by atomic mass is 79.9. The molecule has 1 N–H and O–H groups in total. The van der Waals surface area contributed by atoms with E-state index in [1.165, 1.54) is 25.3 Å². The minimum atomic E-state index is -0.177. The Bertz CT molecular complexity index is 405. The number of likely N-dealkylation sites (N-methyl/N-ethyl adjacent to an activating group) is 1. The van der Waals surface area contributed by atoms with E-state index in [1.807, 2.05) is 6.07 Å². The van der Waals surface area contributed by atoms with Gasteiger partial charge in [0, 0.05) is 19.1 Å². The molecule has 1 aromatic rings. The van der Waals surface area contributed by atoms with E-state index in [9.17, 15) is 4.39 Å². The van der Waals surface area contributed by atoms with Crippen molar-refractivity contribution in [3.63, 3.8) is 0 Å². The summed E-state index contributed by atoms with van der Waals surface area (Å²) >= 11 is 3.35. The predicted molar refractivity (Wildman–Crippen MR) is 80.7 cm³/mol. The standard InChI is InChI=1S/C15H22BrFN2/c1-2-19(11-13-7-3-4-9-18-13)10-12-6-5-8-14(17)15(12)16/h5-6,8,13,18H,2-4,7,9-11H2,1H3. The molecule has 0 radical (unpaired) electrons. The summed E-state index contributed by atoms with van der Waals surface area (Å²) in [7, 11) is 0. The molecule has 1 unspecified atom stereocenters. The van der Waals surface area contributed by atoms with Crippen LogP contribution in [0.4, 0.5) is 4.39 Å². The minimum absolute atomic E-state index is 0.177. The van der Waals surface area contributed by atoms with Crippen LogP contribution in [0.15, 0.2) is 22.7 Å². The van der Waals surface area contributed by atoms with Crippen LogP contribution in [0.2, 0.25) is 0 Å². The van der Waals surface area contributed by atoms with Crippen LogP contribution in [0.1, 0.15) is 31.7 Å². The number of nitrogens with zero attached hydrogens (tertiary/aromatic N) is 1. The highest BCUT2D eigenvalue weighted by Gasteiger charge is 2.17. The molecule has 19 heavy (non-hydrogen) atoms. The fourth-order valence-electron chi connectivity index (χ4n) is 2.61. The Balaban J connectivity index is 1.96. The Morgan fingerprint density at radius 2 is 2.26 bits per heavy atom. The van der Waals surface area contributed by atoms with Gasteiger partial charge in [-0.15, -0.1) is 0 Å². The molecule has 1 fully saturated rings. The third-order valence-corrected chi connectivity index (χ3v) is 4.65. The molecule has 0 bridgehead atoms. The first kappa shape index (κ1) is 14.9.